The first-order valence-electron chi connectivity index (χ1n) is 6.89. The Morgan fingerprint density at radius 1 is 1.25 bits per heavy atom. The van der Waals surface area contributed by atoms with E-state index >= 15 is 0 Å². The van der Waals surface area contributed by atoms with Crippen LogP contribution < -0.4 is 15.4 Å². The first-order chi connectivity index (χ1) is 9.40. The smallest absolute Gasteiger partial charge is 0.240 e. The van der Waals surface area contributed by atoms with Gasteiger partial charge >= 0.3 is 0 Å². The summed E-state index contributed by atoms with van der Waals surface area (Å²) < 4.78 is 25.7. The van der Waals surface area contributed by atoms with E-state index in [0.717, 1.165) is 25.2 Å². The third kappa shape index (κ3) is 4.77. The maximum absolute atomic E-state index is 11.7. The van der Waals surface area contributed by atoms with Crippen molar-refractivity contribution in [2.24, 2.45) is 11.7 Å². The van der Waals surface area contributed by atoms with Gasteiger partial charge in [0, 0.05) is 18.8 Å². The predicted molar refractivity (Wildman–Crippen MR) is 83.4 cm³/mol. The van der Waals surface area contributed by atoms with Gasteiger partial charge in [-0.25, -0.2) is 13.1 Å². The number of nitrogens with zero attached hydrogens (tertiary/aromatic N) is 1. The van der Waals surface area contributed by atoms with Gasteiger partial charge in [-0.05, 0) is 50.2 Å². The number of sulfonamides is 1. The normalized spacial score (nSPS) is 11.8. The molecule has 0 aliphatic rings. The molecule has 1 aromatic carbocycles. The van der Waals surface area contributed by atoms with Crippen molar-refractivity contribution in [1.82, 2.24) is 4.72 Å². The first-order valence-corrected chi connectivity index (χ1v) is 8.37. The zero-order chi connectivity index (χ0) is 15.2. The van der Waals surface area contributed by atoms with Crippen LogP contribution in [0.2, 0.25) is 0 Å². The fourth-order valence-corrected chi connectivity index (χ4v) is 2.73. The van der Waals surface area contributed by atoms with Crippen molar-refractivity contribution in [3.05, 3.63) is 24.3 Å². The lowest BCUT2D eigenvalue weighted by molar-refractivity contribution is 0.587. The summed E-state index contributed by atoms with van der Waals surface area (Å²) in [6, 6.07) is 6.97. The van der Waals surface area contributed by atoms with Gasteiger partial charge in [0.1, 0.15) is 0 Å². The summed E-state index contributed by atoms with van der Waals surface area (Å²) in [5.41, 5.74) is 6.60. The van der Waals surface area contributed by atoms with Crippen molar-refractivity contribution >= 4 is 15.7 Å². The van der Waals surface area contributed by atoms with Gasteiger partial charge in [-0.3, -0.25) is 0 Å². The lowest BCUT2D eigenvalue weighted by Gasteiger charge is -2.26. The second-order valence-corrected chi connectivity index (χ2v) is 7.07. The Bertz CT molecular complexity index is 498. The quantitative estimate of drug-likeness (QED) is 0.761. The van der Waals surface area contributed by atoms with Crippen LogP contribution in [0.1, 0.15) is 20.3 Å². The molecule has 0 unspecified atom stereocenters. The highest BCUT2D eigenvalue weighted by Crippen LogP contribution is 2.19. The Labute approximate surface area is 122 Å². The summed E-state index contributed by atoms with van der Waals surface area (Å²) >= 11 is 0. The van der Waals surface area contributed by atoms with E-state index in [0.29, 0.717) is 12.5 Å². The zero-order valence-electron chi connectivity index (χ0n) is 12.5. The monoisotopic (exact) mass is 299 g/mol. The summed E-state index contributed by atoms with van der Waals surface area (Å²) in [6.07, 6.45) is 0.920. The molecule has 1 rings (SSSR count). The minimum atomic E-state index is -3.37. The Morgan fingerprint density at radius 2 is 1.85 bits per heavy atom. The molecular formula is C14H25N3O2S. The molecule has 0 saturated carbocycles. The van der Waals surface area contributed by atoms with Gasteiger partial charge < -0.3 is 10.6 Å². The number of hydrogen-bond acceptors (Lipinski definition) is 4. The maximum atomic E-state index is 11.7. The molecule has 6 heteroatoms. The molecule has 0 saturated heterocycles. The lowest BCUT2D eigenvalue weighted by Crippen LogP contribution is -2.30. The summed E-state index contributed by atoms with van der Waals surface area (Å²) in [5, 5.41) is 0. The van der Waals surface area contributed by atoms with E-state index < -0.39 is 10.0 Å². The van der Waals surface area contributed by atoms with Gasteiger partial charge in [-0.1, -0.05) is 13.8 Å². The Kier molecular flexibility index (Phi) is 6.45. The summed E-state index contributed by atoms with van der Waals surface area (Å²) in [4.78, 5) is 2.53. The average molecular weight is 299 g/mol. The van der Waals surface area contributed by atoms with E-state index in [1.807, 2.05) is 12.1 Å². The van der Waals surface area contributed by atoms with Crippen LogP contribution in [-0.4, -0.2) is 35.1 Å². The van der Waals surface area contributed by atoms with E-state index in [-0.39, 0.29) is 4.90 Å². The van der Waals surface area contributed by atoms with Crippen molar-refractivity contribution in [2.45, 2.75) is 25.2 Å². The molecule has 5 nitrogen and oxygen atoms in total. The van der Waals surface area contributed by atoms with Crippen LogP contribution in [0.15, 0.2) is 29.2 Å². The largest absolute Gasteiger partial charge is 0.371 e. The molecule has 0 fully saturated rings. The SMILES string of the molecule is CNS(=O)(=O)c1ccc(N(CCCN)CC(C)C)cc1. The Morgan fingerprint density at radius 3 is 2.30 bits per heavy atom. The molecule has 3 N–H and O–H groups in total. The van der Waals surface area contributed by atoms with E-state index in [4.69, 9.17) is 5.73 Å². The number of nitrogens with two attached hydrogens (primary N) is 1. The minimum absolute atomic E-state index is 0.284. The molecule has 114 valence electrons. The lowest BCUT2D eigenvalue weighted by atomic mass is 10.1. The second kappa shape index (κ2) is 7.61. The third-order valence-corrected chi connectivity index (χ3v) is 4.43. The molecule has 0 aliphatic heterocycles. The number of nitrogens with one attached hydrogen (secondary N) is 1. The predicted octanol–water partition coefficient (Wildman–Crippen LogP) is 1.41. The molecule has 0 aromatic heterocycles. The van der Waals surface area contributed by atoms with Crippen molar-refractivity contribution < 1.29 is 8.42 Å². The molecule has 0 aliphatic carbocycles. The molecule has 0 bridgehead atoms. The molecule has 0 radical (unpaired) electrons. The molecule has 1 aromatic rings. The number of rotatable bonds is 8. The third-order valence-electron chi connectivity index (χ3n) is 3.00. The standard InChI is InChI=1S/C14H25N3O2S/c1-12(2)11-17(10-4-9-15)13-5-7-14(8-6-13)20(18,19)16-3/h5-8,12,16H,4,9-11,15H2,1-3H3. The van der Waals surface area contributed by atoms with Gasteiger partial charge in [0.2, 0.25) is 10.0 Å². The Hall–Kier alpha value is -1.11. The number of anilines is 1. The Balaban J connectivity index is 2.92. The fraction of sp³-hybridized carbons (Fsp3) is 0.571. The van der Waals surface area contributed by atoms with Crippen molar-refractivity contribution in [3.8, 4) is 0 Å². The molecule has 0 atom stereocenters. The van der Waals surface area contributed by atoms with Crippen molar-refractivity contribution in [1.29, 1.82) is 0 Å². The van der Waals surface area contributed by atoms with E-state index in [1.165, 1.54) is 7.05 Å². The number of benzene rings is 1. The molecule has 0 spiro atoms. The van der Waals surface area contributed by atoms with Crippen LogP contribution in [0.3, 0.4) is 0 Å². The highest BCUT2D eigenvalue weighted by molar-refractivity contribution is 7.89. The summed E-state index contributed by atoms with van der Waals surface area (Å²) in [6.45, 7) is 6.79. The topological polar surface area (TPSA) is 75.4 Å². The first kappa shape index (κ1) is 16.9. The van der Waals surface area contributed by atoms with E-state index in [2.05, 4.69) is 23.5 Å². The van der Waals surface area contributed by atoms with Crippen LogP contribution in [-0.2, 0) is 10.0 Å². The van der Waals surface area contributed by atoms with Crippen LogP contribution >= 0.6 is 0 Å². The van der Waals surface area contributed by atoms with Crippen LogP contribution in [0.25, 0.3) is 0 Å². The number of hydrogen-bond donors (Lipinski definition) is 2. The highest BCUT2D eigenvalue weighted by Gasteiger charge is 2.13. The van der Waals surface area contributed by atoms with E-state index in [9.17, 15) is 8.42 Å². The second-order valence-electron chi connectivity index (χ2n) is 5.18. The zero-order valence-corrected chi connectivity index (χ0v) is 13.3. The molecule has 0 heterocycles. The van der Waals surface area contributed by atoms with Crippen LogP contribution in [0, 0.1) is 5.92 Å². The summed E-state index contributed by atoms with van der Waals surface area (Å²) in [7, 11) is -1.96. The van der Waals surface area contributed by atoms with Gasteiger partial charge in [0.15, 0.2) is 0 Å². The van der Waals surface area contributed by atoms with Crippen LogP contribution in [0.4, 0.5) is 5.69 Å². The van der Waals surface area contributed by atoms with Gasteiger partial charge in [-0.2, -0.15) is 0 Å². The van der Waals surface area contributed by atoms with Crippen molar-refractivity contribution in [3.63, 3.8) is 0 Å². The van der Waals surface area contributed by atoms with Crippen molar-refractivity contribution in [2.75, 3.05) is 31.6 Å². The van der Waals surface area contributed by atoms with Gasteiger partial charge in [0.05, 0.1) is 4.90 Å². The van der Waals surface area contributed by atoms with Gasteiger partial charge in [-0.15, -0.1) is 0 Å². The van der Waals surface area contributed by atoms with Crippen LogP contribution in [0.5, 0.6) is 0 Å². The molecule has 0 amide bonds. The summed E-state index contributed by atoms with van der Waals surface area (Å²) in [5.74, 6) is 0.536. The maximum Gasteiger partial charge on any atom is 0.240 e. The minimum Gasteiger partial charge on any atom is -0.371 e. The average Bonchev–Trinajstić information content (AvgIpc) is 2.43. The van der Waals surface area contributed by atoms with E-state index in [1.54, 1.807) is 12.1 Å². The fourth-order valence-electron chi connectivity index (χ4n) is 2.00. The molecular weight excluding hydrogens is 274 g/mol. The molecule has 20 heavy (non-hydrogen) atoms. The van der Waals surface area contributed by atoms with Gasteiger partial charge in [0.25, 0.3) is 0 Å². The highest BCUT2D eigenvalue weighted by atomic mass is 32.2.